The van der Waals surface area contributed by atoms with Crippen LogP contribution in [0.4, 0.5) is 0 Å². The Hall–Kier alpha value is -0.960. The highest BCUT2D eigenvalue weighted by atomic mass is 32.2. The quantitative estimate of drug-likeness (QED) is 0.799. The first-order valence-corrected chi connectivity index (χ1v) is 9.69. The summed E-state index contributed by atoms with van der Waals surface area (Å²) >= 11 is 1.29. The van der Waals surface area contributed by atoms with Crippen molar-refractivity contribution in [1.82, 2.24) is 14.9 Å². The maximum Gasteiger partial charge on any atom is 0.252 e. The average molecular weight is 345 g/mol. The number of piperidine rings is 1. The third kappa shape index (κ3) is 4.28. The summed E-state index contributed by atoms with van der Waals surface area (Å²) in [5.74, 6) is -0.0733. The van der Waals surface area contributed by atoms with Crippen LogP contribution in [-0.2, 0) is 21.2 Å². The summed E-state index contributed by atoms with van der Waals surface area (Å²) < 4.78 is 27.3. The summed E-state index contributed by atoms with van der Waals surface area (Å²) in [5.41, 5.74) is 0. The Balaban J connectivity index is 2.03. The monoisotopic (exact) mass is 345 g/mol. The first kappa shape index (κ1) is 17.4. The fraction of sp³-hybridized carbons (Fsp3) is 0.643. The van der Waals surface area contributed by atoms with Crippen LogP contribution >= 0.6 is 11.3 Å². The molecule has 1 saturated heterocycles. The molecule has 1 unspecified atom stereocenters. The molecule has 22 heavy (non-hydrogen) atoms. The molecule has 2 heterocycles. The Bertz CT molecular complexity index is 613. The molecular weight excluding hydrogens is 322 g/mol. The van der Waals surface area contributed by atoms with Gasteiger partial charge in [0.15, 0.2) is 0 Å². The molecule has 2 N–H and O–H groups in total. The van der Waals surface area contributed by atoms with Crippen molar-refractivity contribution >= 4 is 27.3 Å². The van der Waals surface area contributed by atoms with E-state index in [1.165, 1.54) is 18.3 Å². The van der Waals surface area contributed by atoms with Gasteiger partial charge in [0.25, 0.3) is 10.0 Å². The Labute approximate surface area is 135 Å². The zero-order valence-electron chi connectivity index (χ0n) is 13.0. The number of hydrogen-bond acceptors (Lipinski definition) is 5. The van der Waals surface area contributed by atoms with Crippen molar-refractivity contribution in [2.24, 2.45) is 0 Å². The SMILES string of the molecule is CNC1CCCN(S(=O)(=O)c2ccc(CCNC(C)=O)s2)C1. The van der Waals surface area contributed by atoms with E-state index in [0.29, 0.717) is 30.3 Å². The maximum atomic E-state index is 12.7. The lowest BCUT2D eigenvalue weighted by atomic mass is 10.1. The van der Waals surface area contributed by atoms with Crippen molar-refractivity contribution in [3.05, 3.63) is 17.0 Å². The highest BCUT2D eigenvalue weighted by Crippen LogP contribution is 2.27. The van der Waals surface area contributed by atoms with E-state index in [-0.39, 0.29) is 11.9 Å². The van der Waals surface area contributed by atoms with Crippen molar-refractivity contribution < 1.29 is 13.2 Å². The standard InChI is InChI=1S/C14H23N3O3S2/c1-11(18)16-8-7-13-5-6-14(21-13)22(19,20)17-9-3-4-12(10-17)15-2/h5-6,12,15H,3-4,7-10H2,1-2H3,(H,16,18). The maximum absolute atomic E-state index is 12.7. The van der Waals surface area contributed by atoms with E-state index in [2.05, 4.69) is 10.6 Å². The number of rotatable bonds is 6. The summed E-state index contributed by atoms with van der Waals surface area (Å²) in [6.45, 7) is 3.11. The third-order valence-electron chi connectivity index (χ3n) is 3.77. The smallest absolute Gasteiger partial charge is 0.252 e. The largest absolute Gasteiger partial charge is 0.356 e. The first-order valence-electron chi connectivity index (χ1n) is 7.44. The van der Waals surface area contributed by atoms with Crippen LogP contribution in [0.5, 0.6) is 0 Å². The van der Waals surface area contributed by atoms with Crippen LogP contribution in [0.1, 0.15) is 24.6 Å². The highest BCUT2D eigenvalue weighted by Gasteiger charge is 2.30. The molecule has 0 aliphatic carbocycles. The van der Waals surface area contributed by atoms with Crippen molar-refractivity contribution in [2.45, 2.75) is 36.4 Å². The zero-order valence-corrected chi connectivity index (χ0v) is 14.6. The van der Waals surface area contributed by atoms with E-state index in [1.54, 1.807) is 10.4 Å². The van der Waals surface area contributed by atoms with Gasteiger partial charge in [0, 0.05) is 37.5 Å². The number of nitrogens with zero attached hydrogens (tertiary/aromatic N) is 1. The highest BCUT2D eigenvalue weighted by molar-refractivity contribution is 7.91. The molecule has 1 aliphatic heterocycles. The van der Waals surface area contributed by atoms with Crippen LogP contribution in [0, 0.1) is 0 Å². The van der Waals surface area contributed by atoms with Crippen LogP contribution < -0.4 is 10.6 Å². The molecule has 0 spiro atoms. The van der Waals surface area contributed by atoms with Gasteiger partial charge in [-0.05, 0) is 38.4 Å². The predicted octanol–water partition coefficient (Wildman–Crippen LogP) is 0.799. The van der Waals surface area contributed by atoms with E-state index in [4.69, 9.17) is 0 Å². The van der Waals surface area contributed by atoms with Gasteiger partial charge < -0.3 is 10.6 Å². The van der Waals surface area contributed by atoms with Gasteiger partial charge in [-0.2, -0.15) is 4.31 Å². The fourth-order valence-electron chi connectivity index (χ4n) is 2.52. The van der Waals surface area contributed by atoms with Crippen molar-refractivity contribution in [1.29, 1.82) is 0 Å². The van der Waals surface area contributed by atoms with Gasteiger partial charge in [-0.1, -0.05) is 0 Å². The summed E-state index contributed by atoms with van der Waals surface area (Å²) in [6, 6.07) is 3.73. The van der Waals surface area contributed by atoms with Crippen LogP contribution in [0.3, 0.4) is 0 Å². The predicted molar refractivity (Wildman–Crippen MR) is 87.5 cm³/mol. The number of carbonyl (C=O) groups excluding carboxylic acids is 1. The molecule has 8 heteroatoms. The first-order chi connectivity index (χ1) is 10.4. The number of hydrogen-bond donors (Lipinski definition) is 2. The van der Waals surface area contributed by atoms with Crippen molar-refractivity contribution in [2.75, 3.05) is 26.7 Å². The second-order valence-corrected chi connectivity index (χ2v) is 8.78. The Morgan fingerprint density at radius 3 is 2.91 bits per heavy atom. The minimum absolute atomic E-state index is 0.0733. The molecule has 1 aliphatic rings. The van der Waals surface area contributed by atoms with Crippen LogP contribution in [0.25, 0.3) is 0 Å². The summed E-state index contributed by atoms with van der Waals surface area (Å²) in [7, 11) is -1.53. The second kappa shape index (κ2) is 7.54. The zero-order chi connectivity index (χ0) is 16.2. The van der Waals surface area contributed by atoms with Gasteiger partial charge in [0.2, 0.25) is 5.91 Å². The number of likely N-dealkylation sites (N-methyl/N-ethyl adjacent to an activating group) is 1. The number of amides is 1. The Kier molecular flexibility index (Phi) is 5.96. The Morgan fingerprint density at radius 2 is 2.23 bits per heavy atom. The lowest BCUT2D eigenvalue weighted by molar-refractivity contribution is -0.118. The lowest BCUT2D eigenvalue weighted by Crippen LogP contribution is -2.46. The van der Waals surface area contributed by atoms with Gasteiger partial charge in [-0.3, -0.25) is 4.79 Å². The van der Waals surface area contributed by atoms with Gasteiger partial charge >= 0.3 is 0 Å². The number of carbonyl (C=O) groups is 1. The number of sulfonamides is 1. The van der Waals surface area contributed by atoms with Crippen LogP contribution in [0.15, 0.2) is 16.3 Å². The average Bonchev–Trinajstić information content (AvgIpc) is 2.96. The lowest BCUT2D eigenvalue weighted by Gasteiger charge is -2.31. The third-order valence-corrected chi connectivity index (χ3v) is 7.25. The number of thiophene rings is 1. The Morgan fingerprint density at radius 1 is 1.45 bits per heavy atom. The molecule has 0 saturated carbocycles. The molecule has 1 aromatic rings. The second-order valence-electron chi connectivity index (χ2n) is 5.44. The van der Waals surface area contributed by atoms with E-state index in [1.807, 2.05) is 13.1 Å². The number of nitrogens with one attached hydrogen (secondary N) is 2. The summed E-state index contributed by atoms with van der Waals surface area (Å²) in [6.07, 6.45) is 2.54. The molecule has 2 rings (SSSR count). The molecule has 124 valence electrons. The molecule has 1 atom stereocenters. The minimum atomic E-state index is -3.40. The summed E-state index contributed by atoms with van der Waals surface area (Å²) in [5, 5.41) is 5.88. The van der Waals surface area contributed by atoms with Crippen molar-refractivity contribution in [3.63, 3.8) is 0 Å². The van der Waals surface area contributed by atoms with Gasteiger partial charge in [0.1, 0.15) is 4.21 Å². The van der Waals surface area contributed by atoms with E-state index < -0.39 is 10.0 Å². The molecule has 1 fully saturated rings. The molecular formula is C14H23N3O3S2. The molecule has 0 bridgehead atoms. The van der Waals surface area contributed by atoms with Gasteiger partial charge in [0.05, 0.1) is 0 Å². The van der Waals surface area contributed by atoms with E-state index >= 15 is 0 Å². The molecule has 6 nitrogen and oxygen atoms in total. The van der Waals surface area contributed by atoms with Gasteiger partial charge in [-0.15, -0.1) is 11.3 Å². The molecule has 0 aromatic carbocycles. The fourth-order valence-corrected chi connectivity index (χ4v) is 5.55. The van der Waals surface area contributed by atoms with Crippen molar-refractivity contribution in [3.8, 4) is 0 Å². The molecule has 0 radical (unpaired) electrons. The normalized spacial score (nSPS) is 20.0. The molecule has 1 amide bonds. The van der Waals surface area contributed by atoms with E-state index in [0.717, 1.165) is 17.7 Å². The van der Waals surface area contributed by atoms with E-state index in [9.17, 15) is 13.2 Å². The topological polar surface area (TPSA) is 78.5 Å². The minimum Gasteiger partial charge on any atom is -0.356 e. The molecule has 1 aromatic heterocycles. The summed E-state index contributed by atoms with van der Waals surface area (Å²) in [4.78, 5) is 11.8. The van der Waals surface area contributed by atoms with Gasteiger partial charge in [-0.25, -0.2) is 8.42 Å². The van der Waals surface area contributed by atoms with Crippen LogP contribution in [-0.4, -0.2) is 51.4 Å². The van der Waals surface area contributed by atoms with Crippen LogP contribution in [0.2, 0.25) is 0 Å².